The van der Waals surface area contributed by atoms with E-state index >= 15 is 0 Å². The molecule has 4 rings (SSSR count). The summed E-state index contributed by atoms with van der Waals surface area (Å²) in [5.41, 5.74) is 4.14. The van der Waals surface area contributed by atoms with E-state index in [1.165, 1.54) is 5.56 Å². The number of benzene rings is 1. The second kappa shape index (κ2) is 6.72. The Bertz CT molecular complexity index is 946. The zero-order valence-corrected chi connectivity index (χ0v) is 16.2. The highest BCUT2D eigenvalue weighted by Gasteiger charge is 2.22. The van der Waals surface area contributed by atoms with Crippen LogP contribution in [-0.4, -0.2) is 20.7 Å². The maximum Gasteiger partial charge on any atom is 0.231 e. The molecule has 1 aliphatic carbocycles. The second-order valence-corrected chi connectivity index (χ2v) is 7.90. The monoisotopic (exact) mass is 416 g/mol. The Morgan fingerprint density at radius 1 is 1.40 bits per heavy atom. The van der Waals surface area contributed by atoms with Crippen molar-refractivity contribution in [2.24, 2.45) is 7.05 Å². The normalized spacial score (nSPS) is 13.0. The van der Waals surface area contributed by atoms with Crippen LogP contribution in [0.2, 0.25) is 0 Å². The Kier molecular flexibility index (Phi) is 4.43. The molecule has 1 N–H and O–H groups in total. The van der Waals surface area contributed by atoms with Crippen LogP contribution in [0.5, 0.6) is 0 Å². The van der Waals surface area contributed by atoms with Crippen molar-refractivity contribution in [3.8, 4) is 10.6 Å². The smallest absolute Gasteiger partial charge is 0.231 e. The number of hydrogen-bond acceptors (Lipinski definition) is 4. The van der Waals surface area contributed by atoms with Crippen molar-refractivity contribution in [1.82, 2.24) is 14.8 Å². The summed E-state index contributed by atoms with van der Waals surface area (Å²) in [6.45, 7) is 0. The van der Waals surface area contributed by atoms with E-state index in [0.717, 1.165) is 51.5 Å². The number of anilines is 1. The molecule has 0 radical (unpaired) electrons. The Balaban J connectivity index is 1.47. The van der Waals surface area contributed by atoms with Gasteiger partial charge >= 0.3 is 0 Å². The largest absolute Gasteiger partial charge is 0.310 e. The molecule has 0 saturated carbocycles. The molecular weight excluding hydrogens is 400 g/mol. The van der Waals surface area contributed by atoms with Crippen LogP contribution in [0.15, 0.2) is 34.1 Å². The summed E-state index contributed by atoms with van der Waals surface area (Å²) in [5, 5.41) is 10.4. The lowest BCUT2D eigenvalue weighted by atomic mass is 10.2. The van der Waals surface area contributed by atoms with Gasteiger partial charge in [0.1, 0.15) is 10.8 Å². The molecule has 128 valence electrons. The maximum atomic E-state index is 12.4. The molecular formula is C18H17BrN4OS. The van der Waals surface area contributed by atoms with Gasteiger partial charge in [0.15, 0.2) is 0 Å². The summed E-state index contributed by atoms with van der Waals surface area (Å²) in [5.74, 6) is 0.781. The van der Waals surface area contributed by atoms with Crippen molar-refractivity contribution in [3.63, 3.8) is 0 Å². The first kappa shape index (κ1) is 16.5. The first-order chi connectivity index (χ1) is 12.1. The van der Waals surface area contributed by atoms with E-state index in [2.05, 4.69) is 31.3 Å². The van der Waals surface area contributed by atoms with Crippen molar-refractivity contribution in [1.29, 1.82) is 0 Å². The zero-order valence-electron chi connectivity index (χ0n) is 13.8. The lowest BCUT2D eigenvalue weighted by Gasteiger charge is -2.06. The van der Waals surface area contributed by atoms with Gasteiger partial charge < -0.3 is 5.32 Å². The summed E-state index contributed by atoms with van der Waals surface area (Å²) in [4.78, 5) is 17.0. The molecule has 5 nitrogen and oxygen atoms in total. The minimum atomic E-state index is -0.0520. The van der Waals surface area contributed by atoms with Crippen LogP contribution in [-0.2, 0) is 31.1 Å². The van der Waals surface area contributed by atoms with Gasteiger partial charge in [0, 0.05) is 28.0 Å². The molecule has 7 heteroatoms. The lowest BCUT2D eigenvalue weighted by molar-refractivity contribution is -0.115. The van der Waals surface area contributed by atoms with Crippen molar-refractivity contribution in [2.45, 2.75) is 25.7 Å². The number of aryl methyl sites for hydroxylation is 2. The molecule has 0 spiro atoms. The highest BCUT2D eigenvalue weighted by Crippen LogP contribution is 2.29. The number of carbonyl (C=O) groups excluding carboxylic acids is 1. The fourth-order valence-electron chi connectivity index (χ4n) is 3.16. The van der Waals surface area contributed by atoms with Crippen LogP contribution in [0.3, 0.4) is 0 Å². The van der Waals surface area contributed by atoms with Crippen LogP contribution in [0.25, 0.3) is 10.6 Å². The van der Waals surface area contributed by atoms with Gasteiger partial charge in [-0.25, -0.2) is 4.98 Å². The number of fused-ring (bicyclic) bond motifs is 1. The van der Waals surface area contributed by atoms with Crippen LogP contribution >= 0.6 is 27.3 Å². The van der Waals surface area contributed by atoms with Crippen LogP contribution in [0, 0.1) is 0 Å². The number of thiazole rings is 1. The van der Waals surface area contributed by atoms with E-state index in [1.807, 2.05) is 36.7 Å². The van der Waals surface area contributed by atoms with Crippen LogP contribution < -0.4 is 5.32 Å². The topological polar surface area (TPSA) is 59.8 Å². The molecule has 1 aromatic carbocycles. The highest BCUT2D eigenvalue weighted by atomic mass is 79.9. The van der Waals surface area contributed by atoms with Gasteiger partial charge in [-0.05, 0) is 31.4 Å². The average molecular weight is 417 g/mol. The number of halogens is 1. The van der Waals surface area contributed by atoms with Gasteiger partial charge in [-0.2, -0.15) is 5.10 Å². The molecule has 0 atom stereocenters. The molecule has 1 aliphatic rings. The summed E-state index contributed by atoms with van der Waals surface area (Å²) < 4.78 is 2.79. The standard InChI is InChI=1S/C18H17BrN4OS/c1-23-17(14-6-3-7-15(14)22-23)21-16(24)9-13-10-25-18(20-13)11-4-2-5-12(19)8-11/h2,4-5,8,10H,3,6-7,9H2,1H3,(H,21,24). The Hall–Kier alpha value is -1.99. The van der Waals surface area contributed by atoms with Crippen molar-refractivity contribution in [2.75, 3.05) is 5.32 Å². The van der Waals surface area contributed by atoms with Gasteiger partial charge in [-0.1, -0.05) is 28.1 Å². The summed E-state index contributed by atoms with van der Waals surface area (Å²) in [6, 6.07) is 8.02. The second-order valence-electron chi connectivity index (χ2n) is 6.13. The molecule has 25 heavy (non-hydrogen) atoms. The molecule has 0 fully saturated rings. The number of aromatic nitrogens is 3. The first-order valence-corrected chi connectivity index (χ1v) is 9.82. The van der Waals surface area contributed by atoms with E-state index in [4.69, 9.17) is 0 Å². The number of nitrogens with one attached hydrogen (secondary N) is 1. The molecule has 1 amide bonds. The third kappa shape index (κ3) is 3.39. The van der Waals surface area contributed by atoms with Crippen LogP contribution in [0.4, 0.5) is 5.82 Å². The Morgan fingerprint density at radius 2 is 2.28 bits per heavy atom. The van der Waals surface area contributed by atoms with Gasteiger partial charge in [0.2, 0.25) is 5.91 Å². The van der Waals surface area contributed by atoms with Crippen molar-refractivity contribution < 1.29 is 4.79 Å². The quantitative estimate of drug-likeness (QED) is 0.699. The molecule has 3 aromatic rings. The van der Waals surface area contributed by atoms with Crippen molar-refractivity contribution >= 4 is 39.0 Å². The van der Waals surface area contributed by atoms with Crippen LogP contribution in [0.1, 0.15) is 23.4 Å². The minimum absolute atomic E-state index is 0.0520. The molecule has 2 aromatic heterocycles. The molecule has 0 bridgehead atoms. The third-order valence-electron chi connectivity index (χ3n) is 4.29. The van der Waals surface area contributed by atoms with Gasteiger partial charge in [0.25, 0.3) is 0 Å². The fraction of sp³-hybridized carbons (Fsp3) is 0.278. The predicted molar refractivity (Wildman–Crippen MR) is 103 cm³/mol. The van der Waals surface area contributed by atoms with E-state index in [9.17, 15) is 4.79 Å². The van der Waals surface area contributed by atoms with E-state index in [1.54, 1.807) is 16.0 Å². The fourth-order valence-corrected chi connectivity index (χ4v) is 4.37. The number of carbonyl (C=O) groups is 1. The predicted octanol–water partition coefficient (Wildman–Crippen LogP) is 3.98. The molecule has 0 unspecified atom stereocenters. The lowest BCUT2D eigenvalue weighted by Crippen LogP contribution is -2.17. The molecule has 0 saturated heterocycles. The molecule has 2 heterocycles. The average Bonchev–Trinajstić information content (AvgIpc) is 3.27. The molecule has 0 aliphatic heterocycles. The van der Waals surface area contributed by atoms with Gasteiger partial charge in [-0.3, -0.25) is 9.48 Å². The Morgan fingerprint density at radius 3 is 3.12 bits per heavy atom. The maximum absolute atomic E-state index is 12.4. The van der Waals surface area contributed by atoms with E-state index < -0.39 is 0 Å². The number of nitrogens with zero attached hydrogens (tertiary/aromatic N) is 3. The minimum Gasteiger partial charge on any atom is -0.310 e. The number of amides is 1. The summed E-state index contributed by atoms with van der Waals surface area (Å²) in [6.07, 6.45) is 3.37. The Labute approximate surface area is 158 Å². The third-order valence-corrected chi connectivity index (χ3v) is 5.73. The SMILES string of the molecule is Cn1nc2c(c1NC(=O)Cc1csc(-c3cccc(Br)c3)n1)CCC2. The highest BCUT2D eigenvalue weighted by molar-refractivity contribution is 9.10. The van der Waals surface area contributed by atoms with E-state index in [-0.39, 0.29) is 12.3 Å². The zero-order chi connectivity index (χ0) is 17.4. The summed E-state index contributed by atoms with van der Waals surface area (Å²) in [7, 11) is 1.88. The summed E-state index contributed by atoms with van der Waals surface area (Å²) >= 11 is 5.03. The number of hydrogen-bond donors (Lipinski definition) is 1. The van der Waals surface area contributed by atoms with Gasteiger partial charge in [0.05, 0.1) is 17.8 Å². The number of rotatable bonds is 4. The van der Waals surface area contributed by atoms with Gasteiger partial charge in [-0.15, -0.1) is 11.3 Å². The first-order valence-electron chi connectivity index (χ1n) is 8.15. The van der Waals surface area contributed by atoms with E-state index in [0.29, 0.717) is 0 Å². The van der Waals surface area contributed by atoms with Crippen molar-refractivity contribution in [3.05, 3.63) is 51.1 Å².